The van der Waals surface area contributed by atoms with Crippen molar-refractivity contribution in [2.75, 3.05) is 11.1 Å². The average molecular weight is 244 g/mol. The molecule has 0 heterocycles. The van der Waals surface area contributed by atoms with Crippen LogP contribution in [-0.2, 0) is 0 Å². The molecule has 3 N–H and O–H groups in total. The molecule has 18 heavy (non-hydrogen) atoms. The quantitative estimate of drug-likeness (QED) is 0.798. The number of hydrogen-bond acceptors (Lipinski definition) is 2. The van der Waals surface area contributed by atoms with Gasteiger partial charge < -0.3 is 11.1 Å². The number of halogens is 1. The molecule has 2 rings (SSSR count). The van der Waals surface area contributed by atoms with Crippen LogP contribution in [0.5, 0.6) is 0 Å². The first kappa shape index (κ1) is 12.1. The highest BCUT2D eigenvalue weighted by atomic mass is 19.1. The van der Waals surface area contributed by atoms with Gasteiger partial charge in [-0.15, -0.1) is 0 Å². The standard InChI is InChI=1S/C14H13FN2O/c1-9-4-2-3-5-13(9)17-14(18)10-6-11(15)8-12(16)7-10/h2-8H,16H2,1H3,(H,17,18). The molecule has 2 aromatic rings. The van der Waals surface area contributed by atoms with Crippen LogP contribution in [0.15, 0.2) is 42.5 Å². The molecule has 4 heteroatoms. The monoisotopic (exact) mass is 244 g/mol. The van der Waals surface area contributed by atoms with Gasteiger partial charge in [0, 0.05) is 16.9 Å². The summed E-state index contributed by atoms with van der Waals surface area (Å²) in [7, 11) is 0. The van der Waals surface area contributed by atoms with E-state index in [1.54, 1.807) is 6.07 Å². The van der Waals surface area contributed by atoms with Gasteiger partial charge in [-0.2, -0.15) is 0 Å². The third-order valence-corrected chi connectivity index (χ3v) is 2.58. The molecular formula is C14H13FN2O. The first-order valence-corrected chi connectivity index (χ1v) is 5.49. The van der Waals surface area contributed by atoms with Gasteiger partial charge in [0.15, 0.2) is 0 Å². The smallest absolute Gasteiger partial charge is 0.255 e. The van der Waals surface area contributed by atoms with Crippen LogP contribution in [0, 0.1) is 12.7 Å². The molecule has 0 aliphatic rings. The highest BCUT2D eigenvalue weighted by Crippen LogP contribution is 2.16. The summed E-state index contributed by atoms with van der Waals surface area (Å²) in [4.78, 5) is 11.9. The third kappa shape index (κ3) is 2.66. The molecule has 0 atom stereocenters. The Morgan fingerprint density at radius 3 is 2.61 bits per heavy atom. The molecular weight excluding hydrogens is 231 g/mol. The van der Waals surface area contributed by atoms with Crippen molar-refractivity contribution < 1.29 is 9.18 Å². The maximum absolute atomic E-state index is 13.1. The molecule has 0 fully saturated rings. The van der Waals surface area contributed by atoms with E-state index >= 15 is 0 Å². The fraction of sp³-hybridized carbons (Fsp3) is 0.0714. The Kier molecular flexibility index (Phi) is 3.28. The van der Waals surface area contributed by atoms with Gasteiger partial charge >= 0.3 is 0 Å². The van der Waals surface area contributed by atoms with Crippen molar-refractivity contribution in [1.29, 1.82) is 0 Å². The highest BCUT2D eigenvalue weighted by molar-refractivity contribution is 6.05. The lowest BCUT2D eigenvalue weighted by Crippen LogP contribution is -2.13. The SMILES string of the molecule is Cc1ccccc1NC(=O)c1cc(N)cc(F)c1. The minimum atomic E-state index is -0.523. The number of benzene rings is 2. The lowest BCUT2D eigenvalue weighted by molar-refractivity contribution is 0.102. The topological polar surface area (TPSA) is 55.1 Å². The summed E-state index contributed by atoms with van der Waals surface area (Å²) in [6.07, 6.45) is 0. The zero-order valence-corrected chi connectivity index (χ0v) is 9.91. The summed E-state index contributed by atoms with van der Waals surface area (Å²) >= 11 is 0. The van der Waals surface area contributed by atoms with Crippen molar-refractivity contribution >= 4 is 17.3 Å². The molecule has 92 valence electrons. The minimum Gasteiger partial charge on any atom is -0.399 e. The Bertz CT molecular complexity index is 576. The third-order valence-electron chi connectivity index (χ3n) is 2.58. The zero-order chi connectivity index (χ0) is 13.1. The summed E-state index contributed by atoms with van der Waals surface area (Å²) in [5, 5.41) is 2.72. The number of nitrogen functional groups attached to an aromatic ring is 1. The van der Waals surface area contributed by atoms with Gasteiger partial charge in [0.05, 0.1) is 0 Å². The molecule has 1 amide bonds. The van der Waals surface area contributed by atoms with E-state index in [2.05, 4.69) is 5.32 Å². The van der Waals surface area contributed by atoms with Gasteiger partial charge in [-0.1, -0.05) is 18.2 Å². The molecule has 0 saturated carbocycles. The number of nitrogens with one attached hydrogen (secondary N) is 1. The average Bonchev–Trinajstić information content (AvgIpc) is 2.31. The number of aryl methyl sites for hydroxylation is 1. The Labute approximate surface area is 104 Å². The first-order chi connectivity index (χ1) is 8.56. The minimum absolute atomic E-state index is 0.204. The molecule has 0 spiro atoms. The lowest BCUT2D eigenvalue weighted by Gasteiger charge is -2.08. The molecule has 0 aromatic heterocycles. The summed E-state index contributed by atoms with van der Waals surface area (Å²) < 4.78 is 13.1. The number of nitrogens with two attached hydrogens (primary N) is 1. The summed E-state index contributed by atoms with van der Waals surface area (Å²) in [5.41, 5.74) is 7.57. The van der Waals surface area contributed by atoms with Crippen LogP contribution in [0.2, 0.25) is 0 Å². The number of para-hydroxylation sites is 1. The Morgan fingerprint density at radius 2 is 1.94 bits per heavy atom. The van der Waals surface area contributed by atoms with Crippen LogP contribution in [0.1, 0.15) is 15.9 Å². The summed E-state index contributed by atoms with van der Waals surface area (Å²) in [6.45, 7) is 1.88. The van der Waals surface area contributed by atoms with E-state index in [1.807, 2.05) is 25.1 Å². The molecule has 0 radical (unpaired) electrons. The van der Waals surface area contributed by atoms with Crippen molar-refractivity contribution in [1.82, 2.24) is 0 Å². The van der Waals surface area contributed by atoms with E-state index in [4.69, 9.17) is 5.73 Å². The second-order valence-electron chi connectivity index (χ2n) is 4.04. The van der Waals surface area contributed by atoms with E-state index in [0.717, 1.165) is 11.6 Å². The number of hydrogen-bond donors (Lipinski definition) is 2. The van der Waals surface area contributed by atoms with Crippen LogP contribution in [0.4, 0.5) is 15.8 Å². The van der Waals surface area contributed by atoms with Gasteiger partial charge in [-0.25, -0.2) is 4.39 Å². The predicted octanol–water partition coefficient (Wildman–Crippen LogP) is 2.97. The van der Waals surface area contributed by atoms with E-state index in [9.17, 15) is 9.18 Å². The maximum Gasteiger partial charge on any atom is 0.255 e. The Balaban J connectivity index is 2.25. The first-order valence-electron chi connectivity index (χ1n) is 5.49. The maximum atomic E-state index is 13.1. The van der Waals surface area contributed by atoms with E-state index in [0.29, 0.717) is 5.69 Å². The van der Waals surface area contributed by atoms with E-state index < -0.39 is 5.82 Å². The fourth-order valence-electron chi connectivity index (χ4n) is 1.65. The molecule has 0 unspecified atom stereocenters. The van der Waals surface area contributed by atoms with Crippen LogP contribution in [0.25, 0.3) is 0 Å². The molecule has 0 aliphatic heterocycles. The Hall–Kier alpha value is -2.36. The Morgan fingerprint density at radius 1 is 1.22 bits per heavy atom. The van der Waals surface area contributed by atoms with E-state index in [-0.39, 0.29) is 17.2 Å². The van der Waals surface area contributed by atoms with Gasteiger partial charge in [-0.3, -0.25) is 4.79 Å². The normalized spacial score (nSPS) is 10.1. The van der Waals surface area contributed by atoms with Gasteiger partial charge in [-0.05, 0) is 36.8 Å². The van der Waals surface area contributed by atoms with Crippen molar-refractivity contribution in [3.63, 3.8) is 0 Å². The fourth-order valence-corrected chi connectivity index (χ4v) is 1.65. The van der Waals surface area contributed by atoms with Crippen molar-refractivity contribution in [2.45, 2.75) is 6.92 Å². The van der Waals surface area contributed by atoms with Crippen LogP contribution in [0.3, 0.4) is 0 Å². The van der Waals surface area contributed by atoms with Crippen LogP contribution in [-0.4, -0.2) is 5.91 Å². The van der Waals surface area contributed by atoms with Crippen molar-refractivity contribution in [3.8, 4) is 0 Å². The van der Waals surface area contributed by atoms with E-state index in [1.165, 1.54) is 12.1 Å². The van der Waals surface area contributed by atoms with Crippen molar-refractivity contribution in [2.24, 2.45) is 0 Å². The van der Waals surface area contributed by atoms with Gasteiger partial charge in [0.25, 0.3) is 5.91 Å². The predicted molar refractivity (Wildman–Crippen MR) is 69.9 cm³/mol. The second kappa shape index (κ2) is 4.87. The van der Waals surface area contributed by atoms with Crippen molar-refractivity contribution in [3.05, 3.63) is 59.4 Å². The number of rotatable bonds is 2. The summed E-state index contributed by atoms with van der Waals surface area (Å²) in [6, 6.07) is 11.1. The van der Waals surface area contributed by atoms with Crippen LogP contribution < -0.4 is 11.1 Å². The zero-order valence-electron chi connectivity index (χ0n) is 9.91. The summed E-state index contributed by atoms with van der Waals surface area (Å²) in [5.74, 6) is -0.902. The van der Waals surface area contributed by atoms with Crippen LogP contribution >= 0.6 is 0 Å². The largest absolute Gasteiger partial charge is 0.399 e. The number of amides is 1. The van der Waals surface area contributed by atoms with Gasteiger partial charge in [0.1, 0.15) is 5.82 Å². The molecule has 0 aliphatic carbocycles. The molecule has 0 bridgehead atoms. The number of carbonyl (C=O) groups excluding carboxylic acids is 1. The highest BCUT2D eigenvalue weighted by Gasteiger charge is 2.09. The molecule has 3 nitrogen and oxygen atoms in total. The van der Waals surface area contributed by atoms with Gasteiger partial charge in [0.2, 0.25) is 0 Å². The number of carbonyl (C=O) groups is 1. The molecule has 2 aromatic carbocycles. The second-order valence-corrected chi connectivity index (χ2v) is 4.04. The molecule has 0 saturated heterocycles. The lowest BCUT2D eigenvalue weighted by atomic mass is 10.1. The number of anilines is 2.